The maximum Gasteiger partial charge on any atom is 0.371 e. The van der Waals surface area contributed by atoms with Gasteiger partial charge in [-0.2, -0.15) is 5.26 Å². The molecular weight excluding hydrogens is 364 g/mol. The summed E-state index contributed by atoms with van der Waals surface area (Å²) >= 11 is 1.40. The van der Waals surface area contributed by atoms with Gasteiger partial charge in [0.25, 0.3) is 0 Å². The highest BCUT2D eigenvalue weighted by atomic mass is 32.2. The highest BCUT2D eigenvalue weighted by Crippen LogP contribution is 2.38. The second-order valence-corrected chi connectivity index (χ2v) is 8.08. The first kappa shape index (κ1) is 17.4. The molecule has 2 heterocycles. The summed E-state index contributed by atoms with van der Waals surface area (Å²) in [5.74, 6) is -1.94. The molecule has 0 saturated heterocycles. The van der Waals surface area contributed by atoms with E-state index < -0.39 is 22.7 Å². The Morgan fingerprint density at radius 1 is 1.40 bits per heavy atom. The van der Waals surface area contributed by atoms with E-state index in [1.54, 1.807) is 0 Å². The van der Waals surface area contributed by atoms with Crippen molar-refractivity contribution in [1.82, 2.24) is 0 Å². The van der Waals surface area contributed by atoms with Crippen LogP contribution < -0.4 is 5.32 Å². The molecule has 2 aromatic rings. The predicted octanol–water partition coefficient (Wildman–Crippen LogP) is 2.29. The molecule has 130 valence electrons. The maximum atomic E-state index is 12.1. The molecule has 1 aliphatic carbocycles. The number of carboxylic acids is 1. The molecule has 2 aromatic heterocycles. The Balaban J connectivity index is 1.60. The van der Waals surface area contributed by atoms with Crippen LogP contribution >= 0.6 is 11.3 Å². The minimum absolute atomic E-state index is 0.0489. The summed E-state index contributed by atoms with van der Waals surface area (Å²) in [4.78, 5) is 24.0. The highest BCUT2D eigenvalue weighted by molar-refractivity contribution is 7.84. The molecule has 7 nitrogen and oxygen atoms in total. The summed E-state index contributed by atoms with van der Waals surface area (Å²) in [5, 5.41) is 21.3. The van der Waals surface area contributed by atoms with Crippen LogP contribution in [0.1, 0.15) is 38.7 Å². The van der Waals surface area contributed by atoms with E-state index in [1.807, 2.05) is 0 Å². The topological polar surface area (TPSA) is 120 Å². The first-order valence-electron chi connectivity index (χ1n) is 7.49. The van der Waals surface area contributed by atoms with Gasteiger partial charge in [-0.1, -0.05) is 0 Å². The standard InChI is InChI=1S/C16H14N2O5S2/c17-6-11-10-2-1-3-13(10)24-15(11)18-14(19)8-25(22)7-9-4-5-12(23-9)16(20)21/h4-5H,1-3,7-8H2,(H,18,19)(H,20,21). The first-order chi connectivity index (χ1) is 12.0. The monoisotopic (exact) mass is 378 g/mol. The number of thiophene rings is 1. The number of hydrogen-bond acceptors (Lipinski definition) is 6. The van der Waals surface area contributed by atoms with Crippen LogP contribution in [0.2, 0.25) is 0 Å². The lowest BCUT2D eigenvalue weighted by atomic mass is 10.1. The van der Waals surface area contributed by atoms with Gasteiger partial charge in [-0.3, -0.25) is 9.00 Å². The molecule has 0 aliphatic heterocycles. The number of anilines is 1. The average Bonchev–Trinajstić information content (AvgIpc) is 3.22. The van der Waals surface area contributed by atoms with Crippen LogP contribution in [0.15, 0.2) is 16.5 Å². The highest BCUT2D eigenvalue weighted by Gasteiger charge is 2.23. The van der Waals surface area contributed by atoms with Crippen molar-refractivity contribution in [3.8, 4) is 6.07 Å². The number of rotatable bonds is 6. The Labute approximate surface area is 149 Å². The van der Waals surface area contributed by atoms with Crippen molar-refractivity contribution in [1.29, 1.82) is 5.26 Å². The van der Waals surface area contributed by atoms with Gasteiger partial charge in [-0.05, 0) is 37.0 Å². The van der Waals surface area contributed by atoms with E-state index in [2.05, 4.69) is 11.4 Å². The molecule has 2 N–H and O–H groups in total. The quantitative estimate of drug-likeness (QED) is 0.795. The van der Waals surface area contributed by atoms with Gasteiger partial charge in [0, 0.05) is 15.7 Å². The Morgan fingerprint density at radius 2 is 2.20 bits per heavy atom. The van der Waals surface area contributed by atoms with Gasteiger partial charge in [0.2, 0.25) is 11.7 Å². The number of aromatic carboxylic acids is 1. The van der Waals surface area contributed by atoms with Gasteiger partial charge in [-0.25, -0.2) is 4.79 Å². The van der Waals surface area contributed by atoms with E-state index in [-0.39, 0.29) is 23.0 Å². The third-order valence-electron chi connectivity index (χ3n) is 3.75. The molecular formula is C16H14N2O5S2. The van der Waals surface area contributed by atoms with Gasteiger partial charge >= 0.3 is 5.97 Å². The second kappa shape index (κ2) is 7.21. The predicted molar refractivity (Wildman–Crippen MR) is 92.1 cm³/mol. The van der Waals surface area contributed by atoms with Crippen molar-refractivity contribution in [3.63, 3.8) is 0 Å². The number of furan rings is 1. The number of aryl methyl sites for hydroxylation is 1. The van der Waals surface area contributed by atoms with E-state index in [4.69, 9.17) is 9.52 Å². The molecule has 1 aliphatic rings. The summed E-state index contributed by atoms with van der Waals surface area (Å²) in [6.07, 6.45) is 2.79. The normalized spacial score (nSPS) is 13.9. The molecule has 0 saturated carbocycles. The van der Waals surface area contributed by atoms with E-state index in [0.717, 1.165) is 29.7 Å². The number of amides is 1. The van der Waals surface area contributed by atoms with E-state index in [9.17, 15) is 19.1 Å². The average molecular weight is 378 g/mol. The number of hydrogen-bond donors (Lipinski definition) is 2. The summed E-state index contributed by atoms with van der Waals surface area (Å²) in [5.41, 5.74) is 1.52. The Morgan fingerprint density at radius 3 is 2.88 bits per heavy atom. The van der Waals surface area contributed by atoms with Crippen molar-refractivity contribution < 1.29 is 23.3 Å². The molecule has 0 bridgehead atoms. The number of carboxylic acid groups (broad SMARTS) is 1. The first-order valence-corrected chi connectivity index (χ1v) is 9.80. The molecule has 1 amide bonds. The summed E-state index contributed by atoms with van der Waals surface area (Å²) in [6.45, 7) is 0. The number of carbonyl (C=O) groups excluding carboxylic acids is 1. The van der Waals surface area contributed by atoms with Crippen molar-refractivity contribution in [3.05, 3.63) is 39.7 Å². The lowest BCUT2D eigenvalue weighted by Crippen LogP contribution is -2.20. The zero-order valence-corrected chi connectivity index (χ0v) is 14.7. The van der Waals surface area contributed by atoms with E-state index >= 15 is 0 Å². The molecule has 0 fully saturated rings. The van der Waals surface area contributed by atoms with Gasteiger partial charge in [-0.15, -0.1) is 11.3 Å². The van der Waals surface area contributed by atoms with Gasteiger partial charge in [0.1, 0.15) is 22.6 Å². The van der Waals surface area contributed by atoms with Crippen LogP contribution in [0, 0.1) is 11.3 Å². The van der Waals surface area contributed by atoms with E-state index in [0.29, 0.717) is 10.6 Å². The smallest absolute Gasteiger partial charge is 0.371 e. The molecule has 0 spiro atoms. The number of nitrogens with zero attached hydrogens (tertiary/aromatic N) is 1. The third-order valence-corrected chi connectivity index (χ3v) is 6.15. The Kier molecular flexibility index (Phi) is 5.01. The van der Waals surface area contributed by atoms with Crippen LogP contribution in [-0.2, 0) is 34.2 Å². The summed E-state index contributed by atoms with van der Waals surface area (Å²) in [7, 11) is -1.55. The van der Waals surface area contributed by atoms with Gasteiger partial charge in [0.15, 0.2) is 0 Å². The van der Waals surface area contributed by atoms with Gasteiger partial charge < -0.3 is 14.8 Å². The third kappa shape index (κ3) is 3.81. The van der Waals surface area contributed by atoms with E-state index in [1.165, 1.54) is 23.5 Å². The van der Waals surface area contributed by atoms with Crippen LogP contribution in [0.3, 0.4) is 0 Å². The van der Waals surface area contributed by atoms with Crippen molar-refractivity contribution in [2.24, 2.45) is 0 Å². The van der Waals surface area contributed by atoms with Gasteiger partial charge in [0.05, 0.1) is 11.3 Å². The molecule has 0 radical (unpaired) electrons. The summed E-state index contributed by atoms with van der Waals surface area (Å²) in [6, 6.07) is 4.84. The Bertz CT molecular complexity index is 906. The fourth-order valence-corrected chi connectivity index (χ4v) is 4.89. The Hall–Kier alpha value is -2.44. The number of carbonyl (C=O) groups is 2. The molecule has 3 rings (SSSR count). The van der Waals surface area contributed by atoms with Crippen molar-refractivity contribution in [2.75, 3.05) is 11.1 Å². The van der Waals surface area contributed by atoms with Crippen LogP contribution in [0.25, 0.3) is 0 Å². The maximum absolute atomic E-state index is 12.1. The zero-order valence-electron chi connectivity index (χ0n) is 13.0. The number of nitrogens with one attached hydrogen (secondary N) is 1. The number of fused-ring (bicyclic) bond motifs is 1. The molecule has 0 aromatic carbocycles. The fraction of sp³-hybridized carbons (Fsp3) is 0.312. The largest absolute Gasteiger partial charge is 0.475 e. The van der Waals surface area contributed by atoms with Crippen molar-refractivity contribution >= 4 is 39.0 Å². The SMILES string of the molecule is N#Cc1c(NC(=O)CS(=O)Cc2ccc(C(=O)O)o2)sc2c1CCC2. The molecule has 1 unspecified atom stereocenters. The summed E-state index contributed by atoms with van der Waals surface area (Å²) < 4.78 is 17.1. The molecule has 1 atom stereocenters. The minimum Gasteiger partial charge on any atom is -0.475 e. The van der Waals surface area contributed by atoms with Crippen molar-refractivity contribution in [2.45, 2.75) is 25.0 Å². The minimum atomic E-state index is -1.55. The second-order valence-electron chi connectivity index (χ2n) is 5.52. The number of nitriles is 1. The molecule has 9 heteroatoms. The zero-order chi connectivity index (χ0) is 18.0. The fourth-order valence-electron chi connectivity index (χ4n) is 2.70. The lowest BCUT2D eigenvalue weighted by molar-refractivity contribution is -0.113. The van der Waals surface area contributed by atoms with Crippen LogP contribution in [0.4, 0.5) is 5.00 Å². The van der Waals surface area contributed by atoms with Crippen LogP contribution in [-0.4, -0.2) is 26.9 Å². The lowest BCUT2D eigenvalue weighted by Gasteiger charge is -2.04. The molecule has 25 heavy (non-hydrogen) atoms. The van der Waals surface area contributed by atoms with Crippen LogP contribution in [0.5, 0.6) is 0 Å².